The van der Waals surface area contributed by atoms with Crippen molar-refractivity contribution in [1.29, 1.82) is 0 Å². The summed E-state index contributed by atoms with van der Waals surface area (Å²) in [6.07, 6.45) is -0.787. The molecule has 3 N–H and O–H groups in total. The van der Waals surface area contributed by atoms with E-state index in [1.54, 1.807) is 13.0 Å². The van der Waals surface area contributed by atoms with Crippen molar-refractivity contribution in [1.82, 2.24) is 19.9 Å². The Morgan fingerprint density at radius 3 is 2.56 bits per heavy atom. The average molecular weight is 536 g/mol. The maximum Gasteiger partial charge on any atom is 0.433 e. The molecule has 3 aromatic heterocycles. The molecular weight excluding hydrogens is 511 g/mol. The molecule has 5 aromatic rings. The highest BCUT2D eigenvalue weighted by atomic mass is 19.4. The zero-order valence-electron chi connectivity index (χ0n) is 21.0. The number of nitrogens with zero attached hydrogens (tertiary/aromatic N) is 3. The Hall–Kier alpha value is -4.64. The van der Waals surface area contributed by atoms with Crippen LogP contribution in [0.1, 0.15) is 40.5 Å². The first kappa shape index (κ1) is 26.0. The van der Waals surface area contributed by atoms with Crippen molar-refractivity contribution in [2.75, 3.05) is 7.11 Å². The van der Waals surface area contributed by atoms with Gasteiger partial charge in [0.1, 0.15) is 17.0 Å². The molecule has 2 aromatic carbocycles. The average Bonchev–Trinajstić information content (AvgIpc) is 3.61. The summed E-state index contributed by atoms with van der Waals surface area (Å²) in [6, 6.07) is 16.1. The van der Waals surface area contributed by atoms with Gasteiger partial charge in [0, 0.05) is 35.6 Å². The zero-order chi connectivity index (χ0) is 27.7. The van der Waals surface area contributed by atoms with Crippen LogP contribution < -0.4 is 15.8 Å². The van der Waals surface area contributed by atoms with Crippen LogP contribution in [0.25, 0.3) is 28.0 Å². The first-order valence-electron chi connectivity index (χ1n) is 12.0. The van der Waals surface area contributed by atoms with Crippen LogP contribution in [0.3, 0.4) is 0 Å². The third kappa shape index (κ3) is 5.21. The summed E-state index contributed by atoms with van der Waals surface area (Å²) in [5, 5.41) is 3.16. The van der Waals surface area contributed by atoms with Gasteiger partial charge in [-0.3, -0.25) is 4.79 Å². The highest BCUT2D eigenvalue weighted by molar-refractivity contribution is 5.98. The predicted octanol–water partition coefficient (Wildman–Crippen LogP) is 5.66. The molecule has 5 rings (SSSR count). The third-order valence-electron chi connectivity index (χ3n) is 6.11. The number of oxazole rings is 1. The number of benzene rings is 2. The number of carbonyl (C=O) groups is 1. The molecule has 0 saturated carbocycles. The predicted molar refractivity (Wildman–Crippen MR) is 138 cm³/mol. The number of nitrogens with one attached hydrogen (secondary N) is 1. The first-order valence-corrected chi connectivity index (χ1v) is 12.0. The van der Waals surface area contributed by atoms with E-state index >= 15 is 0 Å². The molecule has 0 spiro atoms. The lowest BCUT2D eigenvalue weighted by Crippen LogP contribution is -2.25. The van der Waals surface area contributed by atoms with Crippen molar-refractivity contribution in [3.8, 4) is 22.9 Å². The number of fused-ring (bicyclic) bond motifs is 1. The Bertz CT molecular complexity index is 1640. The highest BCUT2D eigenvalue weighted by Crippen LogP contribution is 2.37. The Kier molecular flexibility index (Phi) is 6.83. The molecule has 200 valence electrons. The Morgan fingerprint density at radius 1 is 1.10 bits per heavy atom. The van der Waals surface area contributed by atoms with Crippen molar-refractivity contribution in [3.63, 3.8) is 0 Å². The summed E-state index contributed by atoms with van der Waals surface area (Å²) in [5.41, 5.74) is 7.15. The van der Waals surface area contributed by atoms with Crippen LogP contribution in [0, 0.1) is 0 Å². The molecule has 0 unspecified atom stereocenters. The van der Waals surface area contributed by atoms with E-state index in [0.29, 0.717) is 10.9 Å². The number of ether oxygens (including phenoxy) is 1. The molecule has 0 saturated heterocycles. The normalized spacial score (nSPS) is 12.5. The summed E-state index contributed by atoms with van der Waals surface area (Å²) in [4.78, 5) is 21.3. The van der Waals surface area contributed by atoms with Gasteiger partial charge in [0.05, 0.1) is 13.2 Å². The largest absolute Gasteiger partial charge is 0.494 e. The third-order valence-corrected chi connectivity index (χ3v) is 6.11. The van der Waals surface area contributed by atoms with Gasteiger partial charge in [0.2, 0.25) is 5.89 Å². The SMILES string of the molecule is COc1ccc(-c2nc(C(=O)NCc3cccc(-n4cccc4)c3)c([C@H](C)N)o2)c2ccc(C(F)(F)F)nc12. The monoisotopic (exact) mass is 535 g/mol. The topological polar surface area (TPSA) is 108 Å². The number of rotatable bonds is 7. The van der Waals surface area contributed by atoms with Crippen LogP contribution in [0.2, 0.25) is 0 Å². The molecule has 3 heterocycles. The van der Waals surface area contributed by atoms with E-state index in [1.165, 1.54) is 19.2 Å². The van der Waals surface area contributed by atoms with Gasteiger partial charge >= 0.3 is 6.18 Å². The van der Waals surface area contributed by atoms with Gasteiger partial charge in [-0.05, 0) is 61.0 Å². The van der Waals surface area contributed by atoms with Crippen molar-refractivity contribution in [2.45, 2.75) is 25.7 Å². The number of hydrogen-bond donors (Lipinski definition) is 2. The molecule has 0 bridgehead atoms. The molecule has 0 fully saturated rings. The minimum Gasteiger partial charge on any atom is -0.494 e. The number of carbonyl (C=O) groups excluding carboxylic acids is 1. The number of halogens is 3. The number of methoxy groups -OCH3 is 1. The van der Waals surface area contributed by atoms with E-state index in [1.807, 2.05) is 53.4 Å². The Balaban J connectivity index is 1.47. The van der Waals surface area contributed by atoms with Crippen molar-refractivity contribution in [3.05, 3.63) is 95.8 Å². The zero-order valence-corrected chi connectivity index (χ0v) is 21.0. The fourth-order valence-corrected chi connectivity index (χ4v) is 4.22. The number of pyridine rings is 1. The molecule has 1 amide bonds. The molecule has 0 aliphatic heterocycles. The Morgan fingerprint density at radius 2 is 1.87 bits per heavy atom. The molecule has 0 aliphatic rings. The van der Waals surface area contributed by atoms with Gasteiger partial charge < -0.3 is 24.8 Å². The van der Waals surface area contributed by atoms with E-state index in [-0.39, 0.29) is 35.2 Å². The van der Waals surface area contributed by atoms with Crippen LogP contribution in [-0.2, 0) is 12.7 Å². The summed E-state index contributed by atoms with van der Waals surface area (Å²) < 4.78 is 53.0. The second-order valence-corrected chi connectivity index (χ2v) is 8.87. The van der Waals surface area contributed by atoms with E-state index in [0.717, 1.165) is 17.3 Å². The quantitative estimate of drug-likeness (QED) is 0.279. The van der Waals surface area contributed by atoms with E-state index in [2.05, 4.69) is 15.3 Å². The minimum atomic E-state index is -4.63. The summed E-state index contributed by atoms with van der Waals surface area (Å²) >= 11 is 0. The summed E-state index contributed by atoms with van der Waals surface area (Å²) in [7, 11) is 1.34. The molecule has 0 radical (unpaired) electrons. The highest BCUT2D eigenvalue weighted by Gasteiger charge is 2.33. The number of nitrogens with two attached hydrogens (primary N) is 1. The van der Waals surface area contributed by atoms with Gasteiger partial charge in [0.25, 0.3) is 5.91 Å². The van der Waals surface area contributed by atoms with Crippen LogP contribution in [0.15, 0.2) is 77.5 Å². The summed E-state index contributed by atoms with van der Waals surface area (Å²) in [6.45, 7) is 1.87. The first-order chi connectivity index (χ1) is 18.7. The standard InChI is InChI=1S/C28H24F3N5O3/c1-16(32)25-24(26(37)33-15-17-6-5-7-18(14-17)36-12-3-4-13-36)35-27(39-25)20-8-10-21(38-2)23-19(20)9-11-22(34-23)28(29,30)31/h3-14,16H,15,32H2,1-2H3,(H,33,37)/t16-/m0/s1. The summed E-state index contributed by atoms with van der Waals surface area (Å²) in [5.74, 6) is -0.179. The molecule has 8 nitrogen and oxygen atoms in total. The lowest BCUT2D eigenvalue weighted by molar-refractivity contribution is -0.140. The second kappa shape index (κ2) is 10.3. The van der Waals surface area contributed by atoms with Crippen LogP contribution in [-0.4, -0.2) is 27.6 Å². The maximum atomic E-state index is 13.3. The minimum absolute atomic E-state index is 0.00889. The van der Waals surface area contributed by atoms with Crippen LogP contribution >= 0.6 is 0 Å². The second-order valence-electron chi connectivity index (χ2n) is 8.87. The number of aromatic nitrogens is 3. The fraction of sp³-hybridized carbons (Fsp3) is 0.179. The lowest BCUT2D eigenvalue weighted by atomic mass is 10.1. The molecule has 11 heteroatoms. The van der Waals surface area contributed by atoms with E-state index in [4.69, 9.17) is 14.9 Å². The van der Waals surface area contributed by atoms with E-state index < -0.39 is 23.8 Å². The van der Waals surface area contributed by atoms with E-state index in [9.17, 15) is 18.0 Å². The smallest absolute Gasteiger partial charge is 0.433 e. The number of alkyl halides is 3. The van der Waals surface area contributed by atoms with Gasteiger partial charge in [-0.25, -0.2) is 9.97 Å². The van der Waals surface area contributed by atoms with Crippen molar-refractivity contribution in [2.24, 2.45) is 5.73 Å². The van der Waals surface area contributed by atoms with Gasteiger partial charge in [-0.1, -0.05) is 12.1 Å². The fourth-order valence-electron chi connectivity index (χ4n) is 4.22. The number of hydrogen-bond acceptors (Lipinski definition) is 6. The molecular formula is C28H24F3N5O3. The molecule has 39 heavy (non-hydrogen) atoms. The lowest BCUT2D eigenvalue weighted by Gasteiger charge is -2.11. The van der Waals surface area contributed by atoms with Gasteiger partial charge in [0.15, 0.2) is 11.5 Å². The number of amides is 1. The molecule has 1 atom stereocenters. The van der Waals surface area contributed by atoms with Gasteiger partial charge in [-0.2, -0.15) is 13.2 Å². The van der Waals surface area contributed by atoms with Crippen LogP contribution in [0.4, 0.5) is 13.2 Å². The maximum absolute atomic E-state index is 13.3. The van der Waals surface area contributed by atoms with Crippen molar-refractivity contribution >= 4 is 16.8 Å². The molecule has 0 aliphatic carbocycles. The van der Waals surface area contributed by atoms with Crippen molar-refractivity contribution < 1.29 is 27.1 Å². The Labute approximate surface area is 221 Å². The van der Waals surface area contributed by atoms with Crippen LogP contribution in [0.5, 0.6) is 5.75 Å². The van der Waals surface area contributed by atoms with Gasteiger partial charge in [-0.15, -0.1) is 0 Å².